The first-order valence-corrected chi connectivity index (χ1v) is 13.1. The molecule has 2 saturated carbocycles. The summed E-state index contributed by atoms with van der Waals surface area (Å²) in [7, 11) is 0. The molecule has 0 aromatic carbocycles. The molecule has 8 nitrogen and oxygen atoms in total. The lowest BCUT2D eigenvalue weighted by molar-refractivity contribution is 0.0849. The highest BCUT2D eigenvalue weighted by atomic mass is 16.5. The molecule has 2 aliphatic rings. The molecule has 2 bridgehead atoms. The number of aryl methyl sites for hydroxylation is 1. The van der Waals surface area contributed by atoms with Crippen molar-refractivity contribution in [2.75, 3.05) is 6.61 Å². The summed E-state index contributed by atoms with van der Waals surface area (Å²) in [5, 5.41) is 15.8. The van der Waals surface area contributed by atoms with Crippen LogP contribution >= 0.6 is 0 Å². The number of ether oxygens (including phenoxy) is 1. The van der Waals surface area contributed by atoms with Crippen LogP contribution in [-0.4, -0.2) is 38.5 Å². The van der Waals surface area contributed by atoms with Gasteiger partial charge in [0.05, 0.1) is 18.2 Å². The van der Waals surface area contributed by atoms with Crippen LogP contribution in [0.4, 0.5) is 0 Å². The van der Waals surface area contributed by atoms with Crippen LogP contribution in [0.15, 0.2) is 16.7 Å². The van der Waals surface area contributed by atoms with E-state index in [-0.39, 0.29) is 11.9 Å². The first-order chi connectivity index (χ1) is 16.6. The van der Waals surface area contributed by atoms with Crippen molar-refractivity contribution >= 4 is 12.1 Å². The predicted octanol–water partition coefficient (Wildman–Crippen LogP) is 5.39. The normalized spacial score (nSPS) is 23.6. The molecule has 3 atom stereocenters. The van der Waals surface area contributed by atoms with Crippen LogP contribution in [0, 0.1) is 30.6 Å². The Morgan fingerprint density at radius 3 is 2.57 bits per heavy atom. The van der Waals surface area contributed by atoms with E-state index in [0.717, 1.165) is 11.8 Å². The Morgan fingerprint density at radius 1 is 1.23 bits per heavy atom. The highest BCUT2D eigenvalue weighted by Gasteiger charge is 2.35. The molecule has 1 N–H and O–H groups in total. The van der Waals surface area contributed by atoms with Gasteiger partial charge in [-0.1, -0.05) is 39.2 Å². The maximum absolute atomic E-state index is 13.3. The molecule has 4 rings (SSSR count). The van der Waals surface area contributed by atoms with Gasteiger partial charge in [-0.25, -0.2) is 4.68 Å². The van der Waals surface area contributed by atoms with Gasteiger partial charge < -0.3 is 14.5 Å². The number of allylic oxidation sites excluding steroid dienone is 1. The average Bonchev–Trinajstić information content (AvgIpc) is 3.42. The van der Waals surface area contributed by atoms with E-state index >= 15 is 0 Å². The van der Waals surface area contributed by atoms with Crippen LogP contribution in [-0.2, 0) is 5.41 Å². The number of aromatic nitrogens is 4. The minimum atomic E-state index is -0.501. The van der Waals surface area contributed by atoms with Gasteiger partial charge in [0.2, 0.25) is 17.7 Å². The van der Waals surface area contributed by atoms with Gasteiger partial charge in [0.1, 0.15) is 5.56 Å². The monoisotopic (exact) mass is 483 g/mol. The fourth-order valence-corrected chi connectivity index (χ4v) is 5.48. The standard InChI is InChI=1S/C27H41N5O3/c1-17(2)16-34-25-23(15-28-32(25)11-10-27(5,6)26-31-30-19(4)35-26)24(33)29-18(3)22-13-20-8-7-9-21(12-20)14-22/h10-11,15,17-18,20-22H,7-9,12-14,16H2,1-6H3,(H,29,33)/b11-10+. The lowest BCUT2D eigenvalue weighted by Crippen LogP contribution is -2.42. The first-order valence-electron chi connectivity index (χ1n) is 13.1. The van der Waals surface area contributed by atoms with Crippen molar-refractivity contribution in [1.82, 2.24) is 25.3 Å². The SMILES string of the molecule is Cc1nnc(C(C)(C)/C=C/n2ncc(C(=O)NC(C)C3CC4CCCC(C4)C3)c2OCC(C)C)o1. The van der Waals surface area contributed by atoms with Crippen molar-refractivity contribution in [3.05, 3.63) is 29.6 Å². The van der Waals surface area contributed by atoms with Crippen LogP contribution < -0.4 is 10.1 Å². The fourth-order valence-electron chi connectivity index (χ4n) is 5.48. The van der Waals surface area contributed by atoms with E-state index in [4.69, 9.17) is 9.15 Å². The molecule has 0 aliphatic heterocycles. The summed E-state index contributed by atoms with van der Waals surface area (Å²) < 4.78 is 13.3. The van der Waals surface area contributed by atoms with Crippen molar-refractivity contribution in [3.63, 3.8) is 0 Å². The Hall–Kier alpha value is -2.64. The molecule has 2 heterocycles. The van der Waals surface area contributed by atoms with Crippen molar-refractivity contribution in [2.24, 2.45) is 23.7 Å². The van der Waals surface area contributed by atoms with Gasteiger partial charge in [0, 0.05) is 19.2 Å². The molecule has 0 spiro atoms. The van der Waals surface area contributed by atoms with Gasteiger partial charge in [0.15, 0.2) is 0 Å². The summed E-state index contributed by atoms with van der Waals surface area (Å²) in [4.78, 5) is 13.3. The zero-order valence-corrected chi connectivity index (χ0v) is 22.1. The maximum atomic E-state index is 13.3. The van der Waals surface area contributed by atoms with Gasteiger partial charge in [-0.3, -0.25) is 4.79 Å². The zero-order chi connectivity index (χ0) is 25.2. The second-order valence-corrected chi connectivity index (χ2v) is 11.6. The molecule has 2 fully saturated rings. The van der Waals surface area contributed by atoms with Gasteiger partial charge in [-0.05, 0) is 63.7 Å². The molecule has 2 aliphatic carbocycles. The van der Waals surface area contributed by atoms with E-state index in [1.54, 1.807) is 24.0 Å². The number of carbonyl (C=O) groups is 1. The number of hydrogen-bond acceptors (Lipinski definition) is 6. The predicted molar refractivity (Wildman–Crippen MR) is 135 cm³/mol. The Kier molecular flexibility index (Phi) is 7.67. The first kappa shape index (κ1) is 25.5. The molecular formula is C27H41N5O3. The summed E-state index contributed by atoms with van der Waals surface area (Å²) in [6, 6.07) is 0.127. The van der Waals surface area contributed by atoms with Crippen LogP contribution in [0.3, 0.4) is 0 Å². The lowest BCUT2D eigenvalue weighted by atomic mass is 9.66. The van der Waals surface area contributed by atoms with Crippen molar-refractivity contribution in [2.45, 2.75) is 91.5 Å². The minimum Gasteiger partial charge on any atom is -0.477 e. The van der Waals surface area contributed by atoms with E-state index in [0.29, 0.717) is 41.7 Å². The molecule has 0 saturated heterocycles. The Balaban J connectivity index is 1.50. The van der Waals surface area contributed by atoms with Crippen LogP contribution in [0.25, 0.3) is 6.20 Å². The second kappa shape index (κ2) is 10.5. The molecule has 0 radical (unpaired) electrons. The van der Waals surface area contributed by atoms with E-state index in [2.05, 4.69) is 41.4 Å². The number of nitrogens with zero attached hydrogens (tertiary/aromatic N) is 4. The molecule has 3 unspecified atom stereocenters. The second-order valence-electron chi connectivity index (χ2n) is 11.6. The molecule has 2 aromatic heterocycles. The van der Waals surface area contributed by atoms with Gasteiger partial charge in [0.25, 0.3) is 5.91 Å². The number of nitrogens with one attached hydrogen (secondary N) is 1. The lowest BCUT2D eigenvalue weighted by Gasteiger charge is -2.41. The number of amides is 1. The van der Waals surface area contributed by atoms with E-state index in [1.807, 2.05) is 19.9 Å². The Labute approximate surface area is 208 Å². The third-order valence-electron chi connectivity index (χ3n) is 7.49. The van der Waals surface area contributed by atoms with Crippen LogP contribution in [0.2, 0.25) is 0 Å². The molecule has 2 aromatic rings. The average molecular weight is 484 g/mol. The van der Waals surface area contributed by atoms with E-state index in [9.17, 15) is 4.79 Å². The third-order valence-corrected chi connectivity index (χ3v) is 7.49. The van der Waals surface area contributed by atoms with Crippen LogP contribution in [0.1, 0.15) is 95.3 Å². The number of hydrogen-bond donors (Lipinski definition) is 1. The number of fused-ring (bicyclic) bond motifs is 2. The molecule has 35 heavy (non-hydrogen) atoms. The largest absolute Gasteiger partial charge is 0.477 e. The van der Waals surface area contributed by atoms with Crippen molar-refractivity contribution in [1.29, 1.82) is 0 Å². The summed E-state index contributed by atoms with van der Waals surface area (Å²) in [5.41, 5.74) is -0.0389. The summed E-state index contributed by atoms with van der Waals surface area (Å²) >= 11 is 0. The Morgan fingerprint density at radius 2 is 1.94 bits per heavy atom. The number of carbonyl (C=O) groups excluding carboxylic acids is 1. The number of rotatable bonds is 9. The summed E-state index contributed by atoms with van der Waals surface area (Å²) in [5.74, 6) is 3.89. The van der Waals surface area contributed by atoms with Crippen molar-refractivity contribution in [3.8, 4) is 5.88 Å². The minimum absolute atomic E-state index is 0.126. The smallest absolute Gasteiger partial charge is 0.258 e. The third kappa shape index (κ3) is 6.14. The van der Waals surface area contributed by atoms with Crippen LogP contribution in [0.5, 0.6) is 5.88 Å². The van der Waals surface area contributed by atoms with Gasteiger partial charge >= 0.3 is 0 Å². The maximum Gasteiger partial charge on any atom is 0.258 e. The zero-order valence-electron chi connectivity index (χ0n) is 22.1. The molecule has 8 heteroatoms. The highest BCUT2D eigenvalue weighted by molar-refractivity contribution is 5.96. The molecule has 192 valence electrons. The quantitative estimate of drug-likeness (QED) is 0.514. The van der Waals surface area contributed by atoms with E-state index < -0.39 is 5.41 Å². The fraction of sp³-hybridized carbons (Fsp3) is 0.704. The molecule has 1 amide bonds. The van der Waals surface area contributed by atoms with Gasteiger partial charge in [-0.15, -0.1) is 10.2 Å². The van der Waals surface area contributed by atoms with Gasteiger partial charge in [-0.2, -0.15) is 5.10 Å². The topological polar surface area (TPSA) is 95.1 Å². The summed E-state index contributed by atoms with van der Waals surface area (Å²) in [6.07, 6.45) is 13.2. The molecular weight excluding hydrogens is 442 g/mol. The highest BCUT2D eigenvalue weighted by Crippen LogP contribution is 2.43. The van der Waals surface area contributed by atoms with E-state index in [1.165, 1.54) is 38.5 Å². The summed E-state index contributed by atoms with van der Waals surface area (Å²) in [6.45, 7) is 12.6. The van der Waals surface area contributed by atoms with Crippen molar-refractivity contribution < 1.29 is 13.9 Å². The Bertz CT molecular complexity index is 1030.